The van der Waals surface area contributed by atoms with Crippen LogP contribution < -0.4 is 9.47 Å². The third-order valence-corrected chi connectivity index (χ3v) is 5.94. The summed E-state index contributed by atoms with van der Waals surface area (Å²) >= 11 is 0. The molecule has 156 valence electrons. The molecule has 1 aliphatic carbocycles. The van der Waals surface area contributed by atoms with Gasteiger partial charge < -0.3 is 18.9 Å². The lowest BCUT2D eigenvalue weighted by atomic mass is 9.79. The summed E-state index contributed by atoms with van der Waals surface area (Å²) in [5.41, 5.74) is -0.783. The maximum atomic E-state index is 12.7. The number of benzene rings is 1. The van der Waals surface area contributed by atoms with Gasteiger partial charge in [0, 0.05) is 5.92 Å². The molecule has 0 N–H and O–H groups in total. The molecule has 1 aromatic carbocycles. The van der Waals surface area contributed by atoms with Gasteiger partial charge in [-0.1, -0.05) is 19.8 Å². The van der Waals surface area contributed by atoms with Crippen molar-refractivity contribution >= 4 is 5.97 Å². The molecule has 0 spiro atoms. The normalized spacial score (nSPS) is 30.6. The molecule has 5 heteroatoms. The Balaban J connectivity index is 1.48. The zero-order valence-electron chi connectivity index (χ0n) is 17.4. The van der Waals surface area contributed by atoms with Gasteiger partial charge in [0.2, 0.25) is 0 Å². The molecule has 0 unspecified atom stereocenters. The van der Waals surface area contributed by atoms with Gasteiger partial charge in [-0.2, -0.15) is 0 Å². The maximum Gasteiger partial charge on any atom is 0.321 e. The summed E-state index contributed by atoms with van der Waals surface area (Å²) in [6.07, 6.45) is 7.24. The molecule has 2 aliphatic rings. The number of hydrogen-bond acceptors (Lipinski definition) is 5. The van der Waals surface area contributed by atoms with Crippen LogP contribution in [0.4, 0.5) is 0 Å². The molecule has 0 bridgehead atoms. The van der Waals surface area contributed by atoms with Crippen LogP contribution in [0.3, 0.4) is 0 Å². The fraction of sp³-hybridized carbons (Fsp3) is 0.696. The van der Waals surface area contributed by atoms with E-state index in [1.807, 2.05) is 13.8 Å². The van der Waals surface area contributed by atoms with Crippen molar-refractivity contribution in [3.05, 3.63) is 24.3 Å². The Morgan fingerprint density at radius 3 is 2.21 bits per heavy atom. The summed E-state index contributed by atoms with van der Waals surface area (Å²) < 4.78 is 23.0. The van der Waals surface area contributed by atoms with Crippen molar-refractivity contribution in [1.29, 1.82) is 0 Å². The first-order valence-electron chi connectivity index (χ1n) is 10.7. The second kappa shape index (κ2) is 9.75. The van der Waals surface area contributed by atoms with E-state index in [0.29, 0.717) is 31.5 Å². The van der Waals surface area contributed by atoms with Gasteiger partial charge in [0.25, 0.3) is 0 Å². The van der Waals surface area contributed by atoms with Gasteiger partial charge in [-0.25, -0.2) is 0 Å². The number of hydrogen-bond donors (Lipinski definition) is 0. The highest BCUT2D eigenvalue weighted by atomic mass is 16.7. The van der Waals surface area contributed by atoms with E-state index in [1.165, 1.54) is 25.7 Å². The SMILES string of the molecule is CCC[C@H]1CC[C@H](C2OCC(C)(C(=O)Oc3ccc(OCC)cc3)CO2)CC1. The molecule has 2 fully saturated rings. The molecule has 1 heterocycles. The molecule has 0 amide bonds. The van der Waals surface area contributed by atoms with Crippen molar-refractivity contribution in [2.45, 2.75) is 65.6 Å². The van der Waals surface area contributed by atoms with Gasteiger partial charge in [-0.05, 0) is 69.7 Å². The summed E-state index contributed by atoms with van der Waals surface area (Å²) in [5, 5.41) is 0. The average molecular weight is 391 g/mol. The lowest BCUT2D eigenvalue weighted by Crippen LogP contribution is -2.49. The Hall–Kier alpha value is -1.59. The summed E-state index contributed by atoms with van der Waals surface area (Å²) in [4.78, 5) is 12.7. The molecule has 0 atom stereocenters. The largest absolute Gasteiger partial charge is 0.494 e. The zero-order valence-corrected chi connectivity index (χ0v) is 17.4. The summed E-state index contributed by atoms with van der Waals surface area (Å²) in [6.45, 7) is 7.31. The number of carbonyl (C=O) groups is 1. The van der Waals surface area contributed by atoms with E-state index in [2.05, 4.69) is 6.92 Å². The van der Waals surface area contributed by atoms with Crippen LogP contribution in [-0.2, 0) is 14.3 Å². The number of carbonyl (C=O) groups excluding carboxylic acids is 1. The van der Waals surface area contributed by atoms with E-state index >= 15 is 0 Å². The quantitative estimate of drug-likeness (QED) is 0.486. The van der Waals surface area contributed by atoms with Crippen LogP contribution in [-0.4, -0.2) is 32.1 Å². The predicted molar refractivity (Wildman–Crippen MR) is 107 cm³/mol. The van der Waals surface area contributed by atoms with Crippen molar-refractivity contribution in [2.24, 2.45) is 17.3 Å². The fourth-order valence-electron chi connectivity index (χ4n) is 4.17. The first kappa shape index (κ1) is 21.1. The number of rotatable bonds is 7. The molecule has 1 saturated carbocycles. The Kier molecular flexibility index (Phi) is 7.36. The lowest BCUT2D eigenvalue weighted by molar-refractivity contribution is -0.250. The van der Waals surface area contributed by atoms with E-state index in [4.69, 9.17) is 18.9 Å². The molecule has 28 heavy (non-hydrogen) atoms. The Morgan fingerprint density at radius 1 is 1.04 bits per heavy atom. The number of esters is 1. The van der Waals surface area contributed by atoms with Crippen molar-refractivity contribution in [3.63, 3.8) is 0 Å². The van der Waals surface area contributed by atoms with Crippen molar-refractivity contribution in [3.8, 4) is 11.5 Å². The minimum Gasteiger partial charge on any atom is -0.494 e. The van der Waals surface area contributed by atoms with Crippen LogP contribution in [0.25, 0.3) is 0 Å². The highest BCUT2D eigenvalue weighted by molar-refractivity contribution is 5.79. The summed E-state index contributed by atoms with van der Waals surface area (Å²) in [5.74, 6) is 2.25. The van der Waals surface area contributed by atoms with Crippen molar-refractivity contribution < 1.29 is 23.7 Å². The Labute approximate surface area is 168 Å². The third kappa shape index (κ3) is 5.26. The van der Waals surface area contributed by atoms with E-state index in [1.54, 1.807) is 24.3 Å². The topological polar surface area (TPSA) is 54.0 Å². The van der Waals surface area contributed by atoms with Gasteiger partial charge in [-0.15, -0.1) is 0 Å². The molecule has 3 rings (SSSR count). The highest BCUT2D eigenvalue weighted by Crippen LogP contribution is 2.37. The zero-order chi connectivity index (χ0) is 20.0. The Bertz CT molecular complexity index is 610. The molecule has 1 aliphatic heterocycles. The van der Waals surface area contributed by atoms with E-state index in [9.17, 15) is 4.79 Å². The van der Waals surface area contributed by atoms with E-state index in [0.717, 1.165) is 24.5 Å². The van der Waals surface area contributed by atoms with Crippen molar-refractivity contribution in [1.82, 2.24) is 0 Å². The monoisotopic (exact) mass is 390 g/mol. The van der Waals surface area contributed by atoms with Crippen LogP contribution in [0.15, 0.2) is 24.3 Å². The molecular weight excluding hydrogens is 356 g/mol. The van der Waals surface area contributed by atoms with Gasteiger partial charge >= 0.3 is 5.97 Å². The molecule has 5 nitrogen and oxygen atoms in total. The molecule has 1 saturated heterocycles. The van der Waals surface area contributed by atoms with Gasteiger partial charge in [0.1, 0.15) is 16.9 Å². The lowest BCUT2D eigenvalue weighted by Gasteiger charge is -2.40. The summed E-state index contributed by atoms with van der Waals surface area (Å²) in [6, 6.07) is 7.09. The van der Waals surface area contributed by atoms with Crippen LogP contribution >= 0.6 is 0 Å². The second-order valence-electron chi connectivity index (χ2n) is 8.41. The van der Waals surface area contributed by atoms with Gasteiger partial charge in [0.15, 0.2) is 6.29 Å². The smallest absolute Gasteiger partial charge is 0.321 e. The highest BCUT2D eigenvalue weighted by Gasteiger charge is 2.43. The van der Waals surface area contributed by atoms with Crippen LogP contribution in [0.5, 0.6) is 11.5 Å². The molecule has 1 aromatic rings. The van der Waals surface area contributed by atoms with Crippen LogP contribution in [0.2, 0.25) is 0 Å². The van der Waals surface area contributed by atoms with Crippen LogP contribution in [0, 0.1) is 17.3 Å². The third-order valence-electron chi connectivity index (χ3n) is 5.94. The molecule has 0 aromatic heterocycles. The Morgan fingerprint density at radius 2 is 1.64 bits per heavy atom. The standard InChI is InChI=1S/C23H34O5/c1-4-6-17-7-9-18(10-8-17)21-26-15-23(3,16-27-21)22(24)28-20-13-11-19(12-14-20)25-5-2/h11-14,17-18,21H,4-10,15-16H2,1-3H3/t17-,18-,21?,23?. The molecular formula is C23H34O5. The van der Waals surface area contributed by atoms with E-state index < -0.39 is 5.41 Å². The minimum absolute atomic E-state index is 0.186. The molecule has 0 radical (unpaired) electrons. The maximum absolute atomic E-state index is 12.7. The first-order chi connectivity index (χ1) is 13.5. The van der Waals surface area contributed by atoms with Gasteiger partial charge in [0.05, 0.1) is 19.8 Å². The minimum atomic E-state index is -0.783. The second-order valence-corrected chi connectivity index (χ2v) is 8.41. The predicted octanol–water partition coefficient (Wildman–Crippen LogP) is 4.98. The first-order valence-corrected chi connectivity index (χ1v) is 10.7. The van der Waals surface area contributed by atoms with Crippen molar-refractivity contribution in [2.75, 3.05) is 19.8 Å². The van der Waals surface area contributed by atoms with Gasteiger partial charge in [-0.3, -0.25) is 4.79 Å². The average Bonchev–Trinajstić information content (AvgIpc) is 2.71. The summed E-state index contributed by atoms with van der Waals surface area (Å²) in [7, 11) is 0. The van der Waals surface area contributed by atoms with Crippen LogP contribution in [0.1, 0.15) is 59.3 Å². The number of ether oxygens (including phenoxy) is 4. The fourth-order valence-corrected chi connectivity index (χ4v) is 4.17. The van der Waals surface area contributed by atoms with E-state index in [-0.39, 0.29) is 12.3 Å².